The maximum Gasteiger partial charge on any atom is 0.416 e. The van der Waals surface area contributed by atoms with Crippen molar-refractivity contribution in [3.63, 3.8) is 0 Å². The Morgan fingerprint density at radius 1 is 1.10 bits per heavy atom. The van der Waals surface area contributed by atoms with Crippen LogP contribution >= 0.6 is 0 Å². The molecule has 6 nitrogen and oxygen atoms in total. The molecule has 1 heterocycles. The first-order chi connectivity index (χ1) is 19.4. The molecule has 3 aromatic rings. The molecule has 1 aliphatic rings. The average Bonchev–Trinajstić information content (AvgIpc) is 2.95. The Morgan fingerprint density at radius 3 is 2.39 bits per heavy atom. The van der Waals surface area contributed by atoms with E-state index in [9.17, 15) is 31.1 Å². The van der Waals surface area contributed by atoms with Gasteiger partial charge in [-0.05, 0) is 73.1 Å². The number of carbonyl (C=O) groups excluding carboxylic acids is 1. The second-order valence-corrected chi connectivity index (χ2v) is 11.3. The molecule has 0 spiro atoms. The number of carbonyl (C=O) groups is 1. The lowest BCUT2D eigenvalue weighted by atomic mass is 9.89. The number of alkyl halides is 3. The summed E-state index contributed by atoms with van der Waals surface area (Å²) in [7, 11) is 1.26. The molecule has 1 fully saturated rings. The van der Waals surface area contributed by atoms with Crippen molar-refractivity contribution in [3.8, 4) is 0 Å². The maximum atomic E-state index is 14.6. The van der Waals surface area contributed by atoms with Gasteiger partial charge < -0.3 is 10.2 Å². The standard InChI is InChI=1S/C30H33F4N3O3S/c1-20(23-9-11-27(26(31)17-23)36(2)41(39)40)29(38)35-19-24-8-10-25(30(32,33)34)18-28(24)37-14-12-22(13-15-37)16-21-6-4-3-5-7-21/h3-11,17-18,20,22H,12-16,19H2,1-2H3,(H,35,38)(H,39,40). The smallest absolute Gasteiger partial charge is 0.371 e. The van der Waals surface area contributed by atoms with Crippen LogP contribution in [0, 0.1) is 11.7 Å². The highest BCUT2D eigenvalue weighted by atomic mass is 32.2. The Balaban J connectivity index is 1.45. The number of amides is 1. The molecule has 2 unspecified atom stereocenters. The van der Waals surface area contributed by atoms with E-state index in [1.54, 1.807) is 6.92 Å². The lowest BCUT2D eigenvalue weighted by Crippen LogP contribution is -2.36. The van der Waals surface area contributed by atoms with Crippen LogP contribution in [0.2, 0.25) is 0 Å². The van der Waals surface area contributed by atoms with Gasteiger partial charge in [-0.25, -0.2) is 8.60 Å². The third-order valence-corrected chi connectivity index (χ3v) is 8.29. The van der Waals surface area contributed by atoms with Gasteiger partial charge in [-0.15, -0.1) is 0 Å². The van der Waals surface area contributed by atoms with Crippen molar-refractivity contribution in [1.82, 2.24) is 5.32 Å². The molecule has 1 amide bonds. The van der Waals surface area contributed by atoms with Crippen LogP contribution in [0.3, 0.4) is 0 Å². The molecule has 11 heteroatoms. The van der Waals surface area contributed by atoms with Crippen molar-refractivity contribution in [2.75, 3.05) is 29.3 Å². The Kier molecular flexibility index (Phi) is 9.70. The quantitative estimate of drug-likeness (QED) is 0.227. The zero-order chi connectivity index (χ0) is 29.7. The van der Waals surface area contributed by atoms with Gasteiger partial charge in [0, 0.05) is 32.4 Å². The fourth-order valence-electron chi connectivity index (χ4n) is 5.13. The Hall–Kier alpha value is -3.44. The third-order valence-electron chi connectivity index (χ3n) is 7.63. The van der Waals surface area contributed by atoms with Crippen LogP contribution in [-0.2, 0) is 35.2 Å². The average molecular weight is 592 g/mol. The van der Waals surface area contributed by atoms with Crippen LogP contribution in [-0.4, -0.2) is 34.8 Å². The molecule has 4 rings (SSSR count). The summed E-state index contributed by atoms with van der Waals surface area (Å²) in [6, 6.07) is 17.6. The van der Waals surface area contributed by atoms with Gasteiger partial charge in [0.25, 0.3) is 11.3 Å². The van der Waals surface area contributed by atoms with E-state index in [1.807, 2.05) is 23.1 Å². The third kappa shape index (κ3) is 7.65. The van der Waals surface area contributed by atoms with E-state index in [0.717, 1.165) is 41.8 Å². The van der Waals surface area contributed by atoms with Crippen LogP contribution in [0.25, 0.3) is 0 Å². The Morgan fingerprint density at radius 2 is 1.78 bits per heavy atom. The minimum absolute atomic E-state index is 0.00733. The number of hydrogen-bond donors (Lipinski definition) is 2. The first kappa shape index (κ1) is 30.5. The van der Waals surface area contributed by atoms with Gasteiger partial charge in [0.1, 0.15) is 5.82 Å². The summed E-state index contributed by atoms with van der Waals surface area (Å²) >= 11 is -2.41. The van der Waals surface area contributed by atoms with E-state index < -0.39 is 40.6 Å². The van der Waals surface area contributed by atoms with Gasteiger partial charge in [0.15, 0.2) is 0 Å². The van der Waals surface area contributed by atoms with Gasteiger partial charge in [-0.2, -0.15) is 13.2 Å². The fourth-order valence-corrected chi connectivity index (χ4v) is 5.44. The van der Waals surface area contributed by atoms with E-state index in [2.05, 4.69) is 17.4 Å². The summed E-state index contributed by atoms with van der Waals surface area (Å²) in [5, 5.41) is 2.78. The van der Waals surface area contributed by atoms with E-state index in [-0.39, 0.29) is 12.2 Å². The molecule has 0 aliphatic carbocycles. The lowest BCUT2D eigenvalue weighted by molar-refractivity contribution is -0.137. The van der Waals surface area contributed by atoms with E-state index in [4.69, 9.17) is 0 Å². The SMILES string of the molecule is CC(C(=O)NCc1ccc(C(F)(F)F)cc1N1CCC(Cc2ccccc2)CC1)c1ccc(N(C)S(=O)O)c(F)c1. The first-order valence-corrected chi connectivity index (χ1v) is 14.4. The van der Waals surface area contributed by atoms with Crippen molar-refractivity contribution in [2.24, 2.45) is 5.92 Å². The maximum absolute atomic E-state index is 14.6. The first-order valence-electron chi connectivity index (χ1n) is 13.3. The molecule has 0 bridgehead atoms. The monoisotopic (exact) mass is 591 g/mol. The van der Waals surface area contributed by atoms with E-state index in [1.165, 1.54) is 30.8 Å². The second-order valence-electron chi connectivity index (χ2n) is 10.3. The number of anilines is 2. The number of hydrogen-bond acceptors (Lipinski definition) is 3. The molecule has 41 heavy (non-hydrogen) atoms. The normalized spacial score (nSPS) is 15.8. The largest absolute Gasteiger partial charge is 0.416 e. The summed E-state index contributed by atoms with van der Waals surface area (Å²) in [5.74, 6) is -1.51. The minimum atomic E-state index is -4.50. The zero-order valence-electron chi connectivity index (χ0n) is 22.8. The summed E-state index contributed by atoms with van der Waals surface area (Å²) in [6.45, 7) is 2.81. The van der Waals surface area contributed by atoms with Crippen LogP contribution in [0.5, 0.6) is 0 Å². The summed E-state index contributed by atoms with van der Waals surface area (Å²) < 4.78 is 76.6. The zero-order valence-corrected chi connectivity index (χ0v) is 23.6. The van der Waals surface area contributed by atoms with Crippen molar-refractivity contribution in [3.05, 3.63) is 94.8 Å². The van der Waals surface area contributed by atoms with Crippen LogP contribution in [0.4, 0.5) is 28.9 Å². The number of nitrogens with zero attached hydrogens (tertiary/aromatic N) is 2. The summed E-state index contributed by atoms with van der Waals surface area (Å²) in [4.78, 5) is 14.9. The Labute approximate surface area is 239 Å². The molecular formula is C30H33F4N3O3S. The predicted molar refractivity (Wildman–Crippen MR) is 152 cm³/mol. The number of benzene rings is 3. The number of nitrogens with one attached hydrogen (secondary N) is 1. The number of piperidine rings is 1. The molecule has 1 saturated heterocycles. The minimum Gasteiger partial charge on any atom is -0.371 e. The summed E-state index contributed by atoms with van der Waals surface area (Å²) in [6.07, 6.45) is -1.89. The number of rotatable bonds is 9. The highest BCUT2D eigenvalue weighted by Crippen LogP contribution is 2.35. The van der Waals surface area contributed by atoms with Gasteiger partial charge in [-0.1, -0.05) is 42.5 Å². The number of halogens is 4. The molecule has 1 aliphatic heterocycles. The highest BCUT2D eigenvalue weighted by molar-refractivity contribution is 7.80. The predicted octanol–water partition coefficient (Wildman–Crippen LogP) is 6.30. The van der Waals surface area contributed by atoms with E-state index in [0.29, 0.717) is 35.8 Å². The van der Waals surface area contributed by atoms with Crippen molar-refractivity contribution in [1.29, 1.82) is 0 Å². The van der Waals surface area contributed by atoms with Crippen LogP contribution in [0.15, 0.2) is 66.7 Å². The highest BCUT2D eigenvalue weighted by Gasteiger charge is 2.32. The lowest BCUT2D eigenvalue weighted by Gasteiger charge is -2.35. The molecule has 0 radical (unpaired) electrons. The molecule has 2 atom stereocenters. The van der Waals surface area contributed by atoms with E-state index >= 15 is 0 Å². The summed E-state index contributed by atoms with van der Waals surface area (Å²) in [5.41, 5.74) is 1.77. The van der Waals surface area contributed by atoms with Crippen molar-refractivity contribution >= 4 is 28.5 Å². The molecule has 3 aromatic carbocycles. The van der Waals surface area contributed by atoms with Crippen LogP contribution < -0.4 is 14.5 Å². The molecule has 0 saturated carbocycles. The molecule has 220 valence electrons. The van der Waals surface area contributed by atoms with Crippen molar-refractivity contribution < 1.29 is 31.1 Å². The van der Waals surface area contributed by atoms with Gasteiger partial charge in [0.05, 0.1) is 17.2 Å². The Bertz CT molecular complexity index is 1380. The topological polar surface area (TPSA) is 72.9 Å². The van der Waals surface area contributed by atoms with Gasteiger partial charge in [0.2, 0.25) is 5.91 Å². The van der Waals surface area contributed by atoms with Crippen LogP contribution in [0.1, 0.15) is 47.9 Å². The fraction of sp³-hybridized carbons (Fsp3) is 0.367. The molecule has 2 N–H and O–H groups in total. The molecule has 0 aromatic heterocycles. The van der Waals surface area contributed by atoms with Gasteiger partial charge in [-0.3, -0.25) is 13.7 Å². The molecular weight excluding hydrogens is 558 g/mol. The van der Waals surface area contributed by atoms with Gasteiger partial charge >= 0.3 is 6.18 Å². The van der Waals surface area contributed by atoms with Crippen molar-refractivity contribution in [2.45, 2.75) is 44.8 Å². The second kappa shape index (κ2) is 13.0.